The number of hydrogen-bond donors (Lipinski definition) is 1. The molecule has 0 saturated carbocycles. The highest BCUT2D eigenvalue weighted by molar-refractivity contribution is 7.10. The van der Waals surface area contributed by atoms with Gasteiger partial charge in [0.25, 0.3) is 0 Å². The number of benzene rings is 1. The van der Waals surface area contributed by atoms with Crippen LogP contribution in [0.5, 0.6) is 11.5 Å². The molecule has 3 rings (SSSR count). The molecule has 1 aliphatic rings. The van der Waals surface area contributed by atoms with Gasteiger partial charge < -0.3 is 14.8 Å². The molecule has 5 nitrogen and oxygen atoms in total. The zero-order valence-electron chi connectivity index (χ0n) is 16.1. The smallest absolute Gasteiger partial charge is 0.220 e. The van der Waals surface area contributed by atoms with Crippen LogP contribution < -0.4 is 14.8 Å². The topological polar surface area (TPSA) is 50.8 Å². The van der Waals surface area contributed by atoms with Crippen LogP contribution in [0, 0.1) is 0 Å². The van der Waals surface area contributed by atoms with Crippen molar-refractivity contribution < 1.29 is 14.3 Å². The predicted octanol–water partition coefficient (Wildman–Crippen LogP) is 3.65. The number of ether oxygens (including phenoxy) is 2. The van der Waals surface area contributed by atoms with E-state index in [0.717, 1.165) is 30.2 Å². The summed E-state index contributed by atoms with van der Waals surface area (Å²) >= 11 is 1.77. The third-order valence-corrected chi connectivity index (χ3v) is 5.97. The van der Waals surface area contributed by atoms with Crippen molar-refractivity contribution in [3.8, 4) is 11.5 Å². The number of carbonyl (C=O) groups is 1. The Morgan fingerprint density at radius 1 is 1.19 bits per heavy atom. The van der Waals surface area contributed by atoms with Gasteiger partial charge in [-0.2, -0.15) is 0 Å². The molecule has 1 aromatic carbocycles. The molecule has 6 heteroatoms. The van der Waals surface area contributed by atoms with Crippen molar-refractivity contribution in [1.82, 2.24) is 10.2 Å². The number of carbonyl (C=O) groups excluding carboxylic acids is 1. The van der Waals surface area contributed by atoms with Crippen molar-refractivity contribution in [2.24, 2.45) is 0 Å². The summed E-state index contributed by atoms with van der Waals surface area (Å²) in [5, 5.41) is 5.25. The minimum absolute atomic E-state index is 0.0811. The van der Waals surface area contributed by atoms with E-state index in [1.807, 2.05) is 18.2 Å². The predicted molar refractivity (Wildman–Crippen MR) is 109 cm³/mol. The SMILES string of the molecule is COc1cc(CCC(=O)NCC(c2cccs2)N2CCCC2)cc(OC)c1. The Labute approximate surface area is 165 Å². The van der Waals surface area contributed by atoms with Crippen LogP contribution in [-0.2, 0) is 11.2 Å². The first-order valence-corrected chi connectivity index (χ1v) is 10.3. The van der Waals surface area contributed by atoms with Gasteiger partial charge in [-0.25, -0.2) is 0 Å². The maximum atomic E-state index is 12.4. The van der Waals surface area contributed by atoms with Crippen molar-refractivity contribution in [3.63, 3.8) is 0 Å². The molecule has 1 aliphatic heterocycles. The van der Waals surface area contributed by atoms with Crippen LogP contribution in [0.25, 0.3) is 0 Å². The Kier molecular flexibility index (Phi) is 7.12. The van der Waals surface area contributed by atoms with E-state index in [4.69, 9.17) is 9.47 Å². The van der Waals surface area contributed by atoms with Gasteiger partial charge in [0, 0.05) is 23.9 Å². The van der Waals surface area contributed by atoms with Crippen LogP contribution in [0.1, 0.15) is 35.7 Å². The second-order valence-corrected chi connectivity index (χ2v) is 7.78. The lowest BCUT2D eigenvalue weighted by atomic mass is 10.1. The number of nitrogens with one attached hydrogen (secondary N) is 1. The zero-order valence-corrected chi connectivity index (χ0v) is 16.9. The highest BCUT2D eigenvalue weighted by atomic mass is 32.1. The molecule has 0 spiro atoms. The molecule has 1 unspecified atom stereocenters. The van der Waals surface area contributed by atoms with Gasteiger partial charge in [0.1, 0.15) is 11.5 Å². The molecule has 1 aromatic heterocycles. The summed E-state index contributed by atoms with van der Waals surface area (Å²) in [6.07, 6.45) is 3.60. The first kappa shape index (κ1) is 19.7. The molecule has 1 fully saturated rings. The van der Waals surface area contributed by atoms with Gasteiger partial charge in [-0.05, 0) is 61.5 Å². The minimum Gasteiger partial charge on any atom is -0.497 e. The fourth-order valence-corrected chi connectivity index (χ4v) is 4.37. The summed E-state index contributed by atoms with van der Waals surface area (Å²) in [5.41, 5.74) is 1.04. The van der Waals surface area contributed by atoms with Gasteiger partial charge in [-0.3, -0.25) is 9.69 Å². The molecule has 1 atom stereocenters. The van der Waals surface area contributed by atoms with E-state index in [-0.39, 0.29) is 11.9 Å². The van der Waals surface area contributed by atoms with Crippen molar-refractivity contribution in [1.29, 1.82) is 0 Å². The lowest BCUT2D eigenvalue weighted by Crippen LogP contribution is -2.36. The Hall–Kier alpha value is -2.05. The summed E-state index contributed by atoms with van der Waals surface area (Å²) in [6, 6.07) is 10.3. The molecule has 1 amide bonds. The minimum atomic E-state index is 0.0811. The maximum Gasteiger partial charge on any atom is 0.220 e. The largest absolute Gasteiger partial charge is 0.497 e. The number of amides is 1. The lowest BCUT2D eigenvalue weighted by molar-refractivity contribution is -0.121. The van der Waals surface area contributed by atoms with Gasteiger partial charge in [-0.15, -0.1) is 11.3 Å². The highest BCUT2D eigenvalue weighted by Gasteiger charge is 2.24. The summed E-state index contributed by atoms with van der Waals surface area (Å²) in [4.78, 5) is 16.2. The molecule has 1 N–H and O–H groups in total. The Bertz CT molecular complexity index is 705. The van der Waals surface area contributed by atoms with E-state index in [2.05, 4.69) is 27.7 Å². The first-order valence-electron chi connectivity index (χ1n) is 9.45. The molecule has 27 heavy (non-hydrogen) atoms. The zero-order chi connectivity index (χ0) is 19.1. The van der Waals surface area contributed by atoms with Gasteiger partial charge in [0.15, 0.2) is 0 Å². The molecule has 2 aromatic rings. The molecule has 0 bridgehead atoms. The molecule has 0 aliphatic carbocycles. The number of likely N-dealkylation sites (tertiary alicyclic amines) is 1. The third kappa shape index (κ3) is 5.47. The summed E-state index contributed by atoms with van der Waals surface area (Å²) in [5.74, 6) is 1.57. The van der Waals surface area contributed by atoms with E-state index in [1.54, 1.807) is 25.6 Å². The van der Waals surface area contributed by atoms with Gasteiger partial charge in [-0.1, -0.05) is 6.07 Å². The quantitative estimate of drug-likeness (QED) is 0.712. The fourth-order valence-electron chi connectivity index (χ4n) is 3.51. The van der Waals surface area contributed by atoms with Crippen molar-refractivity contribution >= 4 is 17.2 Å². The Morgan fingerprint density at radius 3 is 2.48 bits per heavy atom. The maximum absolute atomic E-state index is 12.4. The summed E-state index contributed by atoms with van der Waals surface area (Å²) in [6.45, 7) is 2.89. The van der Waals surface area contributed by atoms with Crippen LogP contribution >= 0.6 is 11.3 Å². The Morgan fingerprint density at radius 2 is 1.89 bits per heavy atom. The normalized spacial score (nSPS) is 15.5. The Balaban J connectivity index is 1.54. The van der Waals surface area contributed by atoms with Crippen LogP contribution in [-0.4, -0.2) is 44.7 Å². The number of methoxy groups -OCH3 is 2. The van der Waals surface area contributed by atoms with Gasteiger partial charge in [0.05, 0.1) is 20.3 Å². The van der Waals surface area contributed by atoms with Crippen LogP contribution in [0.3, 0.4) is 0 Å². The van der Waals surface area contributed by atoms with Gasteiger partial charge >= 0.3 is 0 Å². The van der Waals surface area contributed by atoms with E-state index < -0.39 is 0 Å². The van der Waals surface area contributed by atoms with Crippen LogP contribution in [0.15, 0.2) is 35.7 Å². The molecular formula is C21H28N2O3S. The van der Waals surface area contributed by atoms with Crippen molar-refractivity contribution in [3.05, 3.63) is 46.2 Å². The first-order chi connectivity index (χ1) is 13.2. The third-order valence-electron chi connectivity index (χ3n) is 5.00. The number of thiophene rings is 1. The van der Waals surface area contributed by atoms with E-state index >= 15 is 0 Å². The second kappa shape index (κ2) is 9.76. The fraction of sp³-hybridized carbons (Fsp3) is 0.476. The van der Waals surface area contributed by atoms with Crippen molar-refractivity contribution in [2.45, 2.75) is 31.7 Å². The molecular weight excluding hydrogens is 360 g/mol. The molecule has 0 radical (unpaired) electrons. The second-order valence-electron chi connectivity index (χ2n) is 6.80. The average Bonchev–Trinajstić information content (AvgIpc) is 3.41. The number of aryl methyl sites for hydroxylation is 1. The van der Waals surface area contributed by atoms with Crippen LogP contribution in [0.4, 0.5) is 0 Å². The summed E-state index contributed by atoms with van der Waals surface area (Å²) in [7, 11) is 3.27. The van der Waals surface area contributed by atoms with Crippen LogP contribution in [0.2, 0.25) is 0 Å². The van der Waals surface area contributed by atoms with Gasteiger partial charge in [0.2, 0.25) is 5.91 Å². The number of rotatable bonds is 9. The average molecular weight is 389 g/mol. The molecule has 1 saturated heterocycles. The lowest BCUT2D eigenvalue weighted by Gasteiger charge is -2.27. The number of hydrogen-bond acceptors (Lipinski definition) is 5. The van der Waals surface area contributed by atoms with E-state index in [9.17, 15) is 4.79 Å². The highest BCUT2D eigenvalue weighted by Crippen LogP contribution is 2.28. The molecule has 2 heterocycles. The van der Waals surface area contributed by atoms with E-state index in [0.29, 0.717) is 19.4 Å². The van der Waals surface area contributed by atoms with E-state index in [1.165, 1.54) is 17.7 Å². The monoisotopic (exact) mass is 388 g/mol. The number of nitrogens with zero attached hydrogens (tertiary/aromatic N) is 1. The molecule has 146 valence electrons. The van der Waals surface area contributed by atoms with Crippen molar-refractivity contribution in [2.75, 3.05) is 33.9 Å². The standard InChI is InChI=1S/C21H28N2O3S/c1-25-17-12-16(13-18(14-17)26-2)7-8-21(24)22-15-19(20-6-5-11-27-20)23-9-3-4-10-23/h5-6,11-14,19H,3-4,7-10,15H2,1-2H3,(H,22,24). The summed E-state index contributed by atoms with van der Waals surface area (Å²) < 4.78 is 10.6.